The van der Waals surface area contributed by atoms with Gasteiger partial charge in [-0.25, -0.2) is 13.2 Å². The van der Waals surface area contributed by atoms with Gasteiger partial charge in [-0.15, -0.1) is 0 Å². The minimum atomic E-state index is -6.09. The van der Waals surface area contributed by atoms with E-state index < -0.39 is 21.8 Å². The van der Waals surface area contributed by atoms with E-state index in [1.165, 1.54) is 17.6 Å². The summed E-state index contributed by atoms with van der Waals surface area (Å²) in [5.41, 5.74) is -4.32. The Labute approximate surface area is 163 Å². The molecule has 0 heterocycles. The number of methoxy groups -OCH3 is 1. The summed E-state index contributed by atoms with van der Waals surface area (Å²) in [6, 6.07) is 18.0. The molecule has 2 rings (SSSR count). The third-order valence-electron chi connectivity index (χ3n) is 3.10. The Hall–Kier alpha value is -2.24. The molecule has 0 amide bonds. The van der Waals surface area contributed by atoms with Gasteiger partial charge in [0.15, 0.2) is 15.0 Å². The zero-order valence-corrected chi connectivity index (χ0v) is 16.4. The largest absolute Gasteiger partial charge is 0.741 e. The Balaban J connectivity index is 0.000000416. The lowest BCUT2D eigenvalue weighted by Crippen LogP contribution is -2.21. The molecule has 2 aromatic rings. The van der Waals surface area contributed by atoms with Gasteiger partial charge in [-0.1, -0.05) is 30.3 Å². The van der Waals surface area contributed by atoms with E-state index >= 15 is 0 Å². The smallest absolute Gasteiger partial charge is 0.513 e. The Morgan fingerprint density at radius 2 is 1.57 bits per heavy atom. The second kappa shape index (κ2) is 10.3. The normalized spacial score (nSPS) is 12.4. The van der Waals surface area contributed by atoms with Gasteiger partial charge in [-0.05, 0) is 24.3 Å². The van der Waals surface area contributed by atoms with Gasteiger partial charge < -0.3 is 14.0 Å². The van der Waals surface area contributed by atoms with E-state index in [4.69, 9.17) is 17.7 Å². The van der Waals surface area contributed by atoms with Crippen molar-refractivity contribution in [1.29, 1.82) is 0 Å². The molecule has 0 aliphatic rings. The number of rotatable bonds is 4. The number of ether oxygens (including phenoxy) is 2. The SMILES string of the molecule is COC(=O)Oc1ccc([S+](C)Cc2ccccc2)cc1.O=S(=O)([O-])C(F)(F)F. The molecular formula is C17H17F3O6S2. The molecule has 1 unspecified atom stereocenters. The molecule has 28 heavy (non-hydrogen) atoms. The predicted molar refractivity (Wildman–Crippen MR) is 96.9 cm³/mol. The van der Waals surface area contributed by atoms with E-state index in [0.717, 1.165) is 5.75 Å². The van der Waals surface area contributed by atoms with Gasteiger partial charge in [0, 0.05) is 16.5 Å². The third kappa shape index (κ3) is 8.19. The van der Waals surface area contributed by atoms with Gasteiger partial charge in [0.2, 0.25) is 0 Å². The second-order valence-corrected chi connectivity index (χ2v) is 8.60. The van der Waals surface area contributed by atoms with Gasteiger partial charge in [0.05, 0.1) is 7.11 Å². The molecule has 0 bridgehead atoms. The van der Waals surface area contributed by atoms with Gasteiger partial charge in [-0.2, -0.15) is 13.2 Å². The minimum Gasteiger partial charge on any atom is -0.741 e. The Morgan fingerprint density at radius 1 is 1.07 bits per heavy atom. The first-order chi connectivity index (χ1) is 12.9. The average Bonchev–Trinajstić information content (AvgIpc) is 2.62. The van der Waals surface area contributed by atoms with Gasteiger partial charge in [-0.3, -0.25) is 0 Å². The first-order valence-corrected chi connectivity index (χ1v) is 10.7. The summed E-state index contributed by atoms with van der Waals surface area (Å²) in [6.45, 7) is 0. The molecule has 0 aliphatic carbocycles. The number of alkyl halides is 3. The molecule has 154 valence electrons. The monoisotopic (exact) mass is 438 g/mol. The molecule has 1 atom stereocenters. The predicted octanol–water partition coefficient (Wildman–Crippen LogP) is 3.69. The topological polar surface area (TPSA) is 92.7 Å². The minimum absolute atomic E-state index is 0.121. The summed E-state index contributed by atoms with van der Waals surface area (Å²) >= 11 is 0. The van der Waals surface area contributed by atoms with Crippen LogP contribution in [0, 0.1) is 0 Å². The number of hydrogen-bond acceptors (Lipinski definition) is 6. The number of benzene rings is 2. The van der Waals surface area contributed by atoms with Gasteiger partial charge in [0.1, 0.15) is 17.8 Å². The van der Waals surface area contributed by atoms with Gasteiger partial charge in [0.25, 0.3) is 0 Å². The van der Waals surface area contributed by atoms with Crippen LogP contribution in [0.25, 0.3) is 0 Å². The quantitative estimate of drug-likeness (QED) is 0.238. The van der Waals surface area contributed by atoms with Crippen LogP contribution in [0.1, 0.15) is 5.56 Å². The molecule has 0 N–H and O–H groups in total. The van der Waals surface area contributed by atoms with Crippen LogP contribution in [-0.4, -0.2) is 38.0 Å². The molecule has 0 radical (unpaired) electrons. The van der Waals surface area contributed by atoms with Gasteiger partial charge >= 0.3 is 11.7 Å². The number of halogens is 3. The highest BCUT2D eigenvalue weighted by Crippen LogP contribution is 2.21. The van der Waals surface area contributed by atoms with Crippen LogP contribution in [0.15, 0.2) is 59.5 Å². The molecule has 2 aromatic carbocycles. The average molecular weight is 438 g/mol. The number of hydrogen-bond donors (Lipinski definition) is 0. The first kappa shape index (κ1) is 23.8. The molecule has 0 aliphatic heterocycles. The van der Waals surface area contributed by atoms with Crippen LogP contribution in [0.3, 0.4) is 0 Å². The van der Waals surface area contributed by atoms with Crippen molar-refractivity contribution in [2.45, 2.75) is 16.2 Å². The van der Waals surface area contributed by atoms with Crippen LogP contribution in [0.5, 0.6) is 5.75 Å². The summed E-state index contributed by atoms with van der Waals surface area (Å²) in [6.07, 6.45) is 1.51. The standard InChI is InChI=1S/C16H17O3S.CHF3O3S/c1-18-16(17)19-14-8-10-15(11-9-14)20(2)12-13-6-4-3-5-7-13;2-1(3,4)8(5,6)7/h3-11H,12H2,1-2H3;(H,5,6,7)/q+1;/p-1. The third-order valence-corrected chi connectivity index (χ3v) is 5.51. The molecule has 11 heteroatoms. The Bertz CT molecular complexity index is 853. The van der Waals surface area contributed by atoms with Crippen molar-refractivity contribution in [3.05, 3.63) is 60.2 Å². The summed E-state index contributed by atoms with van der Waals surface area (Å²) in [5.74, 6) is 1.51. The van der Waals surface area contributed by atoms with E-state index in [9.17, 15) is 18.0 Å². The summed E-state index contributed by atoms with van der Waals surface area (Å²) < 4.78 is 68.3. The lowest BCUT2D eigenvalue weighted by Gasteiger charge is -2.08. The molecule has 0 fully saturated rings. The Kier molecular flexibility index (Phi) is 8.79. The van der Waals surface area contributed by atoms with E-state index in [0.29, 0.717) is 5.75 Å². The summed E-state index contributed by atoms with van der Waals surface area (Å²) in [7, 11) is -4.68. The molecule has 6 nitrogen and oxygen atoms in total. The zero-order chi connectivity index (χ0) is 21.4. The highest BCUT2D eigenvalue weighted by molar-refractivity contribution is 7.95. The molecule has 0 spiro atoms. The molecule has 0 saturated carbocycles. The van der Waals surface area contributed by atoms with Crippen LogP contribution in [0.2, 0.25) is 0 Å². The summed E-state index contributed by atoms with van der Waals surface area (Å²) in [5, 5.41) is 0. The number of carbonyl (C=O) groups is 1. The number of carbonyl (C=O) groups excluding carboxylic acids is 1. The van der Waals surface area contributed by atoms with Crippen molar-refractivity contribution >= 4 is 27.2 Å². The highest BCUT2D eigenvalue weighted by Gasteiger charge is 2.36. The van der Waals surface area contributed by atoms with E-state index in [1.54, 1.807) is 12.1 Å². The zero-order valence-electron chi connectivity index (χ0n) is 14.8. The van der Waals surface area contributed by atoms with E-state index in [1.807, 2.05) is 18.2 Å². The first-order valence-electron chi connectivity index (χ1n) is 7.48. The van der Waals surface area contributed by atoms with Crippen molar-refractivity contribution in [2.75, 3.05) is 13.4 Å². The maximum atomic E-state index is 11.0. The molecule has 0 aromatic heterocycles. The van der Waals surface area contributed by atoms with Crippen molar-refractivity contribution in [3.63, 3.8) is 0 Å². The second-order valence-electron chi connectivity index (χ2n) is 5.19. The van der Waals surface area contributed by atoms with E-state index in [-0.39, 0.29) is 10.9 Å². The highest BCUT2D eigenvalue weighted by atomic mass is 32.2. The fraction of sp³-hybridized carbons (Fsp3) is 0.235. The van der Waals surface area contributed by atoms with Crippen LogP contribution in [0.4, 0.5) is 18.0 Å². The molecule has 0 saturated heterocycles. The maximum Gasteiger partial charge on any atom is 0.513 e. The summed E-state index contributed by atoms with van der Waals surface area (Å²) in [4.78, 5) is 12.2. The van der Waals surface area contributed by atoms with Crippen LogP contribution >= 0.6 is 0 Å². The lowest BCUT2D eigenvalue weighted by atomic mass is 10.2. The fourth-order valence-corrected chi connectivity index (χ4v) is 3.25. The van der Waals surface area contributed by atoms with E-state index in [2.05, 4.69) is 35.3 Å². The fourth-order valence-electron chi connectivity index (χ4n) is 1.79. The molecular weight excluding hydrogens is 421 g/mol. The van der Waals surface area contributed by atoms with Crippen molar-refractivity contribution in [3.8, 4) is 5.75 Å². The lowest BCUT2D eigenvalue weighted by molar-refractivity contribution is -0.0517. The van der Waals surface area contributed by atoms with Crippen molar-refractivity contribution in [1.82, 2.24) is 0 Å². The van der Waals surface area contributed by atoms with Crippen molar-refractivity contribution in [2.24, 2.45) is 0 Å². The van der Waals surface area contributed by atoms with Crippen LogP contribution in [-0.2, 0) is 31.5 Å². The Morgan fingerprint density at radius 3 is 2.00 bits per heavy atom. The van der Waals surface area contributed by atoms with Crippen molar-refractivity contribution < 1.29 is 40.4 Å². The van der Waals surface area contributed by atoms with Crippen LogP contribution < -0.4 is 4.74 Å². The maximum absolute atomic E-state index is 11.0.